The first-order valence-corrected chi connectivity index (χ1v) is 8.27. The van der Waals surface area contributed by atoms with E-state index in [-0.39, 0.29) is 0 Å². The number of nitrogens with zero attached hydrogens (tertiary/aromatic N) is 3. The molecule has 0 unspecified atom stereocenters. The van der Waals surface area contributed by atoms with E-state index in [2.05, 4.69) is 49.0 Å². The summed E-state index contributed by atoms with van der Waals surface area (Å²) in [5.41, 5.74) is 5.48. The molecule has 3 heterocycles. The summed E-state index contributed by atoms with van der Waals surface area (Å²) in [6, 6.07) is 12.2. The fourth-order valence-electron chi connectivity index (χ4n) is 3.01. The van der Waals surface area contributed by atoms with Gasteiger partial charge in [0.1, 0.15) is 12.1 Å². The summed E-state index contributed by atoms with van der Waals surface area (Å²) in [6.07, 6.45) is 3.56. The number of aromatic amines is 1. The molecule has 3 aromatic rings. The van der Waals surface area contributed by atoms with Crippen LogP contribution in [0.15, 0.2) is 42.7 Å². The van der Waals surface area contributed by atoms with Crippen molar-refractivity contribution in [3.05, 3.63) is 59.7 Å². The average molecular weight is 320 g/mol. The van der Waals surface area contributed by atoms with E-state index >= 15 is 0 Å². The van der Waals surface area contributed by atoms with Gasteiger partial charge in [0.05, 0.1) is 23.6 Å². The quantitative estimate of drug-likeness (QED) is 0.686. The van der Waals surface area contributed by atoms with Crippen molar-refractivity contribution in [1.29, 1.82) is 0 Å². The second kappa shape index (κ2) is 6.80. The summed E-state index contributed by atoms with van der Waals surface area (Å²) in [4.78, 5) is 8.86. The molecule has 1 aliphatic rings. The molecule has 0 amide bonds. The van der Waals surface area contributed by atoms with E-state index in [0.717, 1.165) is 54.4 Å². The van der Waals surface area contributed by atoms with E-state index in [4.69, 9.17) is 0 Å². The van der Waals surface area contributed by atoms with Gasteiger partial charge >= 0.3 is 0 Å². The van der Waals surface area contributed by atoms with Gasteiger partial charge in [0.2, 0.25) is 0 Å². The Morgan fingerprint density at radius 3 is 2.83 bits per heavy atom. The van der Waals surface area contributed by atoms with Gasteiger partial charge in [-0.15, -0.1) is 0 Å². The van der Waals surface area contributed by atoms with E-state index in [1.54, 1.807) is 6.33 Å². The molecule has 3 N–H and O–H groups in total. The molecule has 24 heavy (non-hydrogen) atoms. The van der Waals surface area contributed by atoms with E-state index in [9.17, 15) is 0 Å². The molecule has 0 radical (unpaired) electrons. The van der Waals surface area contributed by atoms with Gasteiger partial charge in [0.15, 0.2) is 0 Å². The van der Waals surface area contributed by atoms with Crippen LogP contribution in [0.3, 0.4) is 0 Å². The Morgan fingerprint density at radius 2 is 1.92 bits per heavy atom. The normalized spacial score (nSPS) is 14.0. The van der Waals surface area contributed by atoms with E-state index in [0.29, 0.717) is 6.54 Å². The Labute approximate surface area is 140 Å². The lowest BCUT2D eigenvalue weighted by atomic mass is 10.1. The lowest BCUT2D eigenvalue weighted by Gasteiger charge is -2.11. The Morgan fingerprint density at radius 1 is 1.04 bits per heavy atom. The number of rotatable bonds is 4. The first-order valence-electron chi connectivity index (χ1n) is 8.27. The molecular formula is C18H20N6. The monoisotopic (exact) mass is 320 g/mol. The fraction of sp³-hybridized carbons (Fsp3) is 0.278. The van der Waals surface area contributed by atoms with E-state index in [1.807, 2.05) is 18.2 Å². The topological polar surface area (TPSA) is 78.5 Å². The number of H-pyrrole nitrogens is 1. The van der Waals surface area contributed by atoms with Gasteiger partial charge in [-0.1, -0.05) is 30.3 Å². The zero-order chi connectivity index (χ0) is 16.2. The Bertz CT molecular complexity index is 811. The molecule has 0 atom stereocenters. The Hall–Kier alpha value is -2.73. The number of benzene rings is 1. The van der Waals surface area contributed by atoms with Crippen LogP contribution in [0.4, 0.5) is 5.82 Å². The summed E-state index contributed by atoms with van der Waals surface area (Å²) in [7, 11) is 0. The second-order valence-corrected chi connectivity index (χ2v) is 5.90. The van der Waals surface area contributed by atoms with Crippen LogP contribution in [0.5, 0.6) is 0 Å². The molecule has 0 aliphatic carbocycles. The summed E-state index contributed by atoms with van der Waals surface area (Å²) in [6.45, 7) is 2.61. The highest BCUT2D eigenvalue weighted by molar-refractivity contribution is 5.59. The fourth-order valence-corrected chi connectivity index (χ4v) is 3.01. The van der Waals surface area contributed by atoms with Crippen LogP contribution >= 0.6 is 0 Å². The predicted octanol–water partition coefficient (Wildman–Crippen LogP) is 2.17. The summed E-state index contributed by atoms with van der Waals surface area (Å²) in [5, 5.41) is 14.3. The second-order valence-electron chi connectivity index (χ2n) is 5.90. The van der Waals surface area contributed by atoms with Gasteiger partial charge in [-0.3, -0.25) is 5.10 Å². The third kappa shape index (κ3) is 3.14. The largest absolute Gasteiger partial charge is 0.364 e. The van der Waals surface area contributed by atoms with Crippen molar-refractivity contribution in [1.82, 2.24) is 25.5 Å². The number of fused-ring (bicyclic) bond motifs is 1. The van der Waals surface area contributed by atoms with Gasteiger partial charge < -0.3 is 10.6 Å². The van der Waals surface area contributed by atoms with Crippen molar-refractivity contribution >= 4 is 5.82 Å². The maximum absolute atomic E-state index is 4.43. The number of anilines is 1. The first kappa shape index (κ1) is 14.8. The Balaban J connectivity index is 1.49. The van der Waals surface area contributed by atoms with Gasteiger partial charge in [0.25, 0.3) is 0 Å². The van der Waals surface area contributed by atoms with Crippen LogP contribution < -0.4 is 10.6 Å². The molecule has 6 heteroatoms. The molecule has 0 saturated carbocycles. The number of aromatic nitrogens is 4. The van der Waals surface area contributed by atoms with Gasteiger partial charge in [-0.25, -0.2) is 9.97 Å². The molecule has 0 fully saturated rings. The van der Waals surface area contributed by atoms with Crippen molar-refractivity contribution < 1.29 is 0 Å². The minimum atomic E-state index is 0.663. The maximum atomic E-state index is 4.43. The molecule has 4 rings (SSSR count). The third-order valence-electron chi connectivity index (χ3n) is 4.27. The third-order valence-corrected chi connectivity index (χ3v) is 4.27. The maximum Gasteiger partial charge on any atom is 0.133 e. The highest BCUT2D eigenvalue weighted by Gasteiger charge is 2.14. The highest BCUT2D eigenvalue weighted by atomic mass is 15.1. The minimum Gasteiger partial charge on any atom is -0.364 e. The molecular weight excluding hydrogens is 300 g/mol. The summed E-state index contributed by atoms with van der Waals surface area (Å²) >= 11 is 0. The van der Waals surface area contributed by atoms with Crippen molar-refractivity contribution in [3.8, 4) is 11.3 Å². The Kier molecular flexibility index (Phi) is 4.20. The summed E-state index contributed by atoms with van der Waals surface area (Å²) < 4.78 is 0. The van der Waals surface area contributed by atoms with Crippen molar-refractivity contribution in [3.63, 3.8) is 0 Å². The van der Waals surface area contributed by atoms with Crippen LogP contribution in [0, 0.1) is 0 Å². The highest BCUT2D eigenvalue weighted by Crippen LogP contribution is 2.20. The lowest BCUT2D eigenvalue weighted by molar-refractivity contribution is 0.708. The predicted molar refractivity (Wildman–Crippen MR) is 93.7 cm³/mol. The molecule has 1 aromatic carbocycles. The SMILES string of the molecule is c1ccc(-c2cc(CNc3ncnc4c3CCNCC4)[nH]n2)cc1. The van der Waals surface area contributed by atoms with E-state index in [1.165, 1.54) is 5.56 Å². The molecule has 0 spiro atoms. The van der Waals surface area contributed by atoms with Crippen LogP contribution in [0.1, 0.15) is 17.0 Å². The average Bonchev–Trinajstić information content (AvgIpc) is 2.97. The van der Waals surface area contributed by atoms with Crippen LogP contribution in [-0.2, 0) is 19.4 Å². The molecule has 0 bridgehead atoms. The van der Waals surface area contributed by atoms with Gasteiger partial charge in [-0.2, -0.15) is 5.10 Å². The van der Waals surface area contributed by atoms with Crippen LogP contribution in [-0.4, -0.2) is 33.3 Å². The van der Waals surface area contributed by atoms with Crippen molar-refractivity contribution in [2.24, 2.45) is 0 Å². The zero-order valence-electron chi connectivity index (χ0n) is 13.4. The molecule has 2 aromatic heterocycles. The first-order chi connectivity index (χ1) is 11.9. The van der Waals surface area contributed by atoms with Crippen molar-refractivity contribution in [2.75, 3.05) is 18.4 Å². The molecule has 0 saturated heterocycles. The minimum absolute atomic E-state index is 0.663. The summed E-state index contributed by atoms with van der Waals surface area (Å²) in [5.74, 6) is 0.930. The smallest absolute Gasteiger partial charge is 0.133 e. The number of hydrogen-bond acceptors (Lipinski definition) is 5. The number of nitrogens with one attached hydrogen (secondary N) is 3. The van der Waals surface area contributed by atoms with Gasteiger partial charge in [-0.05, 0) is 19.0 Å². The lowest BCUT2D eigenvalue weighted by Crippen LogP contribution is -2.16. The number of hydrogen-bond donors (Lipinski definition) is 3. The molecule has 6 nitrogen and oxygen atoms in total. The standard InChI is InChI=1S/C18H20N6/c1-2-4-13(5-3-1)17-10-14(23-24-17)11-20-18-15-6-8-19-9-7-16(15)21-12-22-18/h1-5,10,12,19H,6-9,11H2,(H,23,24)(H,20,21,22). The molecule has 1 aliphatic heterocycles. The van der Waals surface area contributed by atoms with Gasteiger partial charge in [0, 0.05) is 24.1 Å². The zero-order valence-corrected chi connectivity index (χ0v) is 13.4. The van der Waals surface area contributed by atoms with Crippen LogP contribution in [0.25, 0.3) is 11.3 Å². The van der Waals surface area contributed by atoms with Crippen molar-refractivity contribution in [2.45, 2.75) is 19.4 Å². The van der Waals surface area contributed by atoms with Crippen LogP contribution in [0.2, 0.25) is 0 Å². The van der Waals surface area contributed by atoms with E-state index < -0.39 is 0 Å². The molecule has 122 valence electrons.